The van der Waals surface area contributed by atoms with Crippen molar-refractivity contribution in [3.8, 4) is 16.9 Å². The van der Waals surface area contributed by atoms with Crippen molar-refractivity contribution in [2.75, 3.05) is 13.4 Å². The highest BCUT2D eigenvalue weighted by molar-refractivity contribution is 7.89. The van der Waals surface area contributed by atoms with E-state index in [-0.39, 0.29) is 19.0 Å². The number of rotatable bonds is 8. The molecule has 0 aliphatic rings. The summed E-state index contributed by atoms with van der Waals surface area (Å²) >= 11 is 0. The maximum absolute atomic E-state index is 12.4. The number of hydrogen-bond acceptors (Lipinski definition) is 6. The zero-order valence-electron chi connectivity index (χ0n) is 19.0. The van der Waals surface area contributed by atoms with E-state index < -0.39 is 10.0 Å². The summed E-state index contributed by atoms with van der Waals surface area (Å²) in [5, 5.41) is 0.814. The highest BCUT2D eigenvalue weighted by Gasteiger charge is 2.16. The third kappa shape index (κ3) is 4.98. The number of ether oxygens (including phenoxy) is 2. The second-order valence-electron chi connectivity index (χ2n) is 8.00. The fraction of sp³-hybridized carbons (Fsp3) is 0.192. The molecule has 8 heteroatoms. The molecule has 0 amide bonds. The molecule has 0 fully saturated rings. The van der Waals surface area contributed by atoms with Crippen LogP contribution in [0.4, 0.5) is 0 Å². The number of carbonyl (C=O) groups is 1. The highest BCUT2D eigenvalue weighted by atomic mass is 32.2. The number of esters is 1. The molecule has 0 atom stereocenters. The number of para-hydroxylation sites is 1. The number of carbonyl (C=O) groups excluding carboxylic acids is 1. The van der Waals surface area contributed by atoms with Crippen LogP contribution in [0.5, 0.6) is 5.75 Å². The van der Waals surface area contributed by atoms with Crippen LogP contribution in [0.3, 0.4) is 0 Å². The van der Waals surface area contributed by atoms with Gasteiger partial charge in [0.25, 0.3) is 0 Å². The summed E-state index contributed by atoms with van der Waals surface area (Å²) in [4.78, 5) is 11.8. The number of aromatic nitrogens is 1. The Bertz CT molecular complexity index is 1460. The number of methoxy groups -OCH3 is 1. The first-order chi connectivity index (χ1) is 16.3. The van der Waals surface area contributed by atoms with Crippen LogP contribution in [0, 0.1) is 0 Å². The Hall–Kier alpha value is -3.62. The average molecular weight is 479 g/mol. The van der Waals surface area contributed by atoms with Crippen molar-refractivity contribution in [1.29, 1.82) is 0 Å². The van der Waals surface area contributed by atoms with Gasteiger partial charge in [-0.25, -0.2) is 12.4 Å². The topological polar surface area (TPSA) is 101 Å². The van der Waals surface area contributed by atoms with Crippen molar-refractivity contribution in [3.05, 3.63) is 89.6 Å². The average Bonchev–Trinajstić information content (AvgIpc) is 3.27. The summed E-state index contributed by atoms with van der Waals surface area (Å²) in [6.45, 7) is 0.591. The van der Waals surface area contributed by atoms with Crippen LogP contribution < -0.4 is 10.5 Å². The van der Waals surface area contributed by atoms with Crippen LogP contribution in [-0.4, -0.2) is 31.7 Å². The minimum Gasteiger partial charge on any atom is -0.489 e. The van der Waals surface area contributed by atoms with E-state index in [4.69, 9.17) is 15.2 Å². The Labute approximate surface area is 198 Å². The van der Waals surface area contributed by atoms with Crippen molar-refractivity contribution in [2.45, 2.75) is 19.6 Å². The quantitative estimate of drug-likeness (QED) is 0.386. The molecule has 0 saturated heterocycles. The lowest BCUT2D eigenvalue weighted by molar-refractivity contribution is -0.139. The molecule has 0 unspecified atom stereocenters. The summed E-state index contributed by atoms with van der Waals surface area (Å²) < 4.78 is 36.9. The Balaban J connectivity index is 1.77. The molecule has 3 aromatic carbocycles. The standard InChI is InChI=1S/C26H26N2O5S/c1-32-26(29)15-21-7-3-4-9-25(21)33-17-19-13-23(20-8-5-6-18(12-20)16-27)22-10-11-28(24(22)14-19)34(2,30)31/h3-14H,15-17,27H2,1-2H3. The van der Waals surface area contributed by atoms with Crippen molar-refractivity contribution >= 4 is 26.9 Å². The minimum absolute atomic E-state index is 0.0970. The highest BCUT2D eigenvalue weighted by Crippen LogP contribution is 2.33. The smallest absolute Gasteiger partial charge is 0.310 e. The number of nitrogens with zero attached hydrogens (tertiary/aromatic N) is 1. The largest absolute Gasteiger partial charge is 0.489 e. The Kier molecular flexibility index (Phi) is 6.72. The molecule has 0 radical (unpaired) electrons. The van der Waals surface area contributed by atoms with Gasteiger partial charge in [0.05, 0.1) is 25.3 Å². The normalized spacial score (nSPS) is 11.5. The Morgan fingerprint density at radius 2 is 1.79 bits per heavy atom. The fourth-order valence-electron chi connectivity index (χ4n) is 3.93. The fourth-order valence-corrected chi connectivity index (χ4v) is 4.72. The molecule has 1 heterocycles. The summed E-state index contributed by atoms with van der Waals surface area (Å²) in [7, 11) is -2.15. The predicted octanol–water partition coefficient (Wildman–Crippen LogP) is 3.87. The van der Waals surface area contributed by atoms with Crippen LogP contribution in [0.15, 0.2) is 72.9 Å². The van der Waals surface area contributed by atoms with Crippen molar-refractivity contribution in [3.63, 3.8) is 0 Å². The molecule has 0 bridgehead atoms. The van der Waals surface area contributed by atoms with Crippen molar-refractivity contribution < 1.29 is 22.7 Å². The Morgan fingerprint density at radius 3 is 2.53 bits per heavy atom. The molecule has 0 saturated carbocycles. The second kappa shape index (κ2) is 9.70. The third-order valence-corrected chi connectivity index (χ3v) is 6.63. The monoisotopic (exact) mass is 478 g/mol. The van der Waals surface area contributed by atoms with Gasteiger partial charge in [-0.3, -0.25) is 4.79 Å². The lowest BCUT2D eigenvalue weighted by atomic mass is 9.97. The molecule has 2 N–H and O–H groups in total. The summed E-state index contributed by atoms with van der Waals surface area (Å²) in [5.74, 6) is 0.212. The van der Waals surface area contributed by atoms with Gasteiger partial charge in [0, 0.05) is 23.7 Å². The van der Waals surface area contributed by atoms with Crippen LogP contribution in [0.2, 0.25) is 0 Å². The summed E-state index contributed by atoms with van der Waals surface area (Å²) in [5.41, 5.74) is 10.7. The van der Waals surface area contributed by atoms with Gasteiger partial charge < -0.3 is 15.2 Å². The van der Waals surface area contributed by atoms with Gasteiger partial charge in [-0.2, -0.15) is 0 Å². The van der Waals surface area contributed by atoms with Crippen LogP contribution >= 0.6 is 0 Å². The summed E-state index contributed by atoms with van der Waals surface area (Å²) in [6, 6.07) is 20.7. The number of benzene rings is 3. The van der Waals surface area contributed by atoms with E-state index in [0.29, 0.717) is 23.4 Å². The van der Waals surface area contributed by atoms with Gasteiger partial charge in [-0.15, -0.1) is 0 Å². The molecule has 4 aromatic rings. The molecule has 4 rings (SSSR count). The minimum atomic E-state index is -3.50. The summed E-state index contributed by atoms with van der Waals surface area (Å²) in [6.07, 6.45) is 2.83. The van der Waals surface area contributed by atoms with E-state index in [1.54, 1.807) is 18.3 Å². The number of nitrogens with two attached hydrogens (primary N) is 1. The molecule has 1 aromatic heterocycles. The molecule has 7 nitrogen and oxygen atoms in total. The maximum Gasteiger partial charge on any atom is 0.310 e. The molecular formula is C26H26N2O5S. The van der Waals surface area contributed by atoms with Gasteiger partial charge in [0.2, 0.25) is 10.0 Å². The Morgan fingerprint density at radius 1 is 1.00 bits per heavy atom. The predicted molar refractivity (Wildman–Crippen MR) is 132 cm³/mol. The number of hydrogen-bond donors (Lipinski definition) is 1. The van der Waals surface area contributed by atoms with Gasteiger partial charge in [-0.1, -0.05) is 36.4 Å². The molecule has 34 heavy (non-hydrogen) atoms. The maximum atomic E-state index is 12.4. The van der Waals surface area contributed by atoms with Crippen LogP contribution in [0.1, 0.15) is 16.7 Å². The van der Waals surface area contributed by atoms with Crippen molar-refractivity contribution in [1.82, 2.24) is 3.97 Å². The van der Waals surface area contributed by atoms with E-state index in [0.717, 1.165) is 27.6 Å². The molecule has 0 aliphatic heterocycles. The second-order valence-corrected chi connectivity index (χ2v) is 9.86. The van der Waals surface area contributed by atoms with Crippen molar-refractivity contribution in [2.24, 2.45) is 5.73 Å². The van der Waals surface area contributed by atoms with E-state index in [9.17, 15) is 13.2 Å². The van der Waals surface area contributed by atoms with E-state index in [1.165, 1.54) is 17.3 Å². The van der Waals surface area contributed by atoms with Crippen LogP contribution in [-0.2, 0) is 39.1 Å². The molecule has 176 valence electrons. The van der Waals surface area contributed by atoms with Gasteiger partial charge in [0.1, 0.15) is 12.4 Å². The first kappa shape index (κ1) is 23.5. The SMILES string of the molecule is COC(=O)Cc1ccccc1OCc1cc(-c2cccc(CN)c2)c2ccn(S(C)(=O)=O)c2c1. The zero-order chi connectivity index (χ0) is 24.3. The van der Waals surface area contributed by atoms with Crippen LogP contribution in [0.25, 0.3) is 22.0 Å². The van der Waals surface area contributed by atoms with E-state index in [2.05, 4.69) is 0 Å². The van der Waals surface area contributed by atoms with Gasteiger partial charge in [-0.05, 0) is 52.6 Å². The number of fused-ring (bicyclic) bond motifs is 1. The zero-order valence-corrected chi connectivity index (χ0v) is 19.8. The first-order valence-corrected chi connectivity index (χ1v) is 12.6. The molecule has 0 aliphatic carbocycles. The van der Waals surface area contributed by atoms with Gasteiger partial charge in [0.15, 0.2) is 0 Å². The third-order valence-electron chi connectivity index (χ3n) is 5.59. The van der Waals surface area contributed by atoms with E-state index >= 15 is 0 Å². The van der Waals surface area contributed by atoms with E-state index in [1.807, 2.05) is 54.6 Å². The van der Waals surface area contributed by atoms with Gasteiger partial charge >= 0.3 is 5.97 Å². The first-order valence-electron chi connectivity index (χ1n) is 10.7. The molecular weight excluding hydrogens is 452 g/mol. The lowest BCUT2D eigenvalue weighted by Gasteiger charge is -2.14. The molecule has 0 spiro atoms. The lowest BCUT2D eigenvalue weighted by Crippen LogP contribution is -2.09.